The van der Waals surface area contributed by atoms with E-state index in [-0.39, 0.29) is 37.1 Å². The number of amides is 3. The normalized spacial score (nSPS) is 16.5. The van der Waals surface area contributed by atoms with Crippen LogP contribution in [0.15, 0.2) is 81.3 Å². The van der Waals surface area contributed by atoms with Crippen molar-refractivity contribution in [1.82, 2.24) is 15.5 Å². The second kappa shape index (κ2) is 12.3. The van der Waals surface area contributed by atoms with Gasteiger partial charge in [0.15, 0.2) is 5.17 Å². The lowest BCUT2D eigenvalue weighted by atomic mass is 10.1. The standard InChI is InChI=1S/C30H31N5O4S/c1-3-25(29(38)32-17-20-12-10-19(2)11-13-20)40-30-33-23-9-5-4-8-22(23)27-34-28(37)24(35(27)30)14-15-26(36)31-18-21-7-6-16-39-21/h4-13,16,24-25H,3,14-15,17-18H2,1-2H3,(H,31,36)(H,32,38). The molecule has 9 nitrogen and oxygen atoms in total. The van der Waals surface area contributed by atoms with Crippen LogP contribution in [0.5, 0.6) is 0 Å². The van der Waals surface area contributed by atoms with E-state index >= 15 is 0 Å². The predicted octanol–water partition coefficient (Wildman–Crippen LogP) is 4.47. The quantitative estimate of drug-likeness (QED) is 0.380. The van der Waals surface area contributed by atoms with E-state index in [1.807, 2.05) is 62.4 Å². The molecule has 40 heavy (non-hydrogen) atoms. The number of thioether (sulfide) groups is 1. The Morgan fingerprint density at radius 3 is 2.58 bits per heavy atom. The second-order valence-electron chi connectivity index (χ2n) is 9.68. The first-order valence-corrected chi connectivity index (χ1v) is 14.2. The van der Waals surface area contributed by atoms with E-state index in [9.17, 15) is 14.4 Å². The Bertz CT molecular complexity index is 1450. The number of nitrogens with zero attached hydrogens (tertiary/aromatic N) is 3. The Hall–Kier alpha value is -4.18. The number of rotatable bonds is 10. The summed E-state index contributed by atoms with van der Waals surface area (Å²) in [6.07, 6.45) is 2.51. The van der Waals surface area contributed by atoms with Gasteiger partial charge >= 0.3 is 0 Å². The third-order valence-corrected chi connectivity index (χ3v) is 8.12. The Kier molecular flexibility index (Phi) is 8.45. The van der Waals surface area contributed by atoms with Gasteiger partial charge in [0.2, 0.25) is 11.8 Å². The molecule has 0 radical (unpaired) electrons. The third-order valence-electron chi connectivity index (χ3n) is 6.79. The molecule has 2 atom stereocenters. The van der Waals surface area contributed by atoms with E-state index in [1.165, 1.54) is 11.8 Å². The number of carbonyl (C=O) groups excluding carboxylic acids is 3. The summed E-state index contributed by atoms with van der Waals surface area (Å²) in [5, 5.41) is 5.96. The van der Waals surface area contributed by atoms with Gasteiger partial charge in [0, 0.05) is 18.5 Å². The minimum absolute atomic E-state index is 0.104. The van der Waals surface area contributed by atoms with Gasteiger partial charge in [-0.15, -0.1) is 0 Å². The molecule has 2 aliphatic heterocycles. The smallest absolute Gasteiger partial charge is 0.270 e. The van der Waals surface area contributed by atoms with E-state index in [0.29, 0.717) is 35.4 Å². The first-order chi connectivity index (χ1) is 19.4. The molecule has 10 heteroatoms. The molecule has 3 amide bonds. The van der Waals surface area contributed by atoms with E-state index < -0.39 is 11.3 Å². The monoisotopic (exact) mass is 557 g/mol. The molecule has 5 rings (SSSR count). The Balaban J connectivity index is 1.30. The molecular formula is C30H31N5O4S. The maximum Gasteiger partial charge on any atom is 0.270 e. The zero-order chi connectivity index (χ0) is 28.1. The van der Waals surface area contributed by atoms with Crippen LogP contribution in [0.25, 0.3) is 0 Å². The highest BCUT2D eigenvalue weighted by atomic mass is 32.2. The molecule has 2 aromatic carbocycles. The van der Waals surface area contributed by atoms with Gasteiger partial charge in [-0.1, -0.05) is 60.6 Å². The topological polar surface area (TPSA) is 116 Å². The number of hydrogen-bond acceptors (Lipinski definition) is 7. The van der Waals surface area contributed by atoms with Crippen molar-refractivity contribution < 1.29 is 18.8 Å². The van der Waals surface area contributed by atoms with Crippen LogP contribution in [0.2, 0.25) is 0 Å². The summed E-state index contributed by atoms with van der Waals surface area (Å²) < 4.78 is 5.26. The maximum atomic E-state index is 13.2. The molecule has 2 N–H and O–H groups in total. The SMILES string of the molecule is CCC(SC1=Nc2ccccc2C2=NC(=O)C(CCC(=O)NCc3ccco3)N12)C(=O)NCc1ccc(C)cc1. The average molecular weight is 558 g/mol. The van der Waals surface area contributed by atoms with Crippen LogP contribution < -0.4 is 10.6 Å². The summed E-state index contributed by atoms with van der Waals surface area (Å²) in [6.45, 7) is 4.68. The maximum absolute atomic E-state index is 13.2. The minimum Gasteiger partial charge on any atom is -0.467 e. The predicted molar refractivity (Wildman–Crippen MR) is 155 cm³/mol. The van der Waals surface area contributed by atoms with E-state index in [4.69, 9.17) is 9.41 Å². The number of para-hydroxylation sites is 1. The van der Waals surface area contributed by atoms with E-state index in [0.717, 1.165) is 16.7 Å². The molecule has 0 aliphatic carbocycles. The number of carbonyl (C=O) groups is 3. The molecule has 0 bridgehead atoms. The average Bonchev–Trinajstić information content (AvgIpc) is 3.61. The van der Waals surface area contributed by atoms with Crippen molar-refractivity contribution in [3.8, 4) is 0 Å². The minimum atomic E-state index is -0.683. The summed E-state index contributed by atoms with van der Waals surface area (Å²) in [4.78, 5) is 49.9. The van der Waals surface area contributed by atoms with Crippen LogP contribution in [0, 0.1) is 6.92 Å². The second-order valence-corrected chi connectivity index (χ2v) is 10.9. The summed E-state index contributed by atoms with van der Waals surface area (Å²) in [6, 6.07) is 18.4. The van der Waals surface area contributed by atoms with E-state index in [1.54, 1.807) is 23.3 Å². The van der Waals surface area contributed by atoms with Crippen molar-refractivity contribution in [3.63, 3.8) is 0 Å². The zero-order valence-corrected chi connectivity index (χ0v) is 23.2. The number of benzene rings is 2. The van der Waals surface area contributed by atoms with Gasteiger partial charge in [0.1, 0.15) is 17.6 Å². The number of furan rings is 1. The molecule has 3 heterocycles. The van der Waals surface area contributed by atoms with Gasteiger partial charge < -0.3 is 15.1 Å². The Morgan fingerprint density at radius 1 is 1.02 bits per heavy atom. The van der Waals surface area contributed by atoms with Gasteiger partial charge in [-0.05, 0) is 49.6 Å². The lowest BCUT2D eigenvalue weighted by Gasteiger charge is -2.32. The van der Waals surface area contributed by atoms with E-state index in [2.05, 4.69) is 15.6 Å². The van der Waals surface area contributed by atoms with Crippen LogP contribution in [0.4, 0.5) is 5.69 Å². The number of fused-ring (bicyclic) bond motifs is 3. The summed E-state index contributed by atoms with van der Waals surface area (Å²) >= 11 is 1.32. The highest BCUT2D eigenvalue weighted by Gasteiger charge is 2.42. The Morgan fingerprint density at radius 2 is 1.82 bits per heavy atom. The molecule has 1 aromatic heterocycles. The first kappa shape index (κ1) is 27.4. The number of hydrogen-bond donors (Lipinski definition) is 2. The Labute approximate surface area is 237 Å². The summed E-state index contributed by atoms with van der Waals surface area (Å²) in [5.41, 5.74) is 3.63. The zero-order valence-electron chi connectivity index (χ0n) is 22.4. The van der Waals surface area contributed by atoms with Gasteiger partial charge in [0.25, 0.3) is 5.91 Å². The summed E-state index contributed by atoms with van der Waals surface area (Å²) in [5.74, 6) is 0.543. The van der Waals surface area contributed by atoms with Crippen LogP contribution in [-0.2, 0) is 27.5 Å². The number of aliphatic imine (C=N–C) groups is 2. The fraction of sp³-hybridized carbons (Fsp3) is 0.300. The highest BCUT2D eigenvalue weighted by Crippen LogP contribution is 2.36. The van der Waals surface area contributed by atoms with Gasteiger partial charge in [-0.2, -0.15) is 4.99 Å². The van der Waals surface area contributed by atoms with Crippen molar-refractivity contribution >= 4 is 46.2 Å². The molecule has 3 aromatic rings. The molecule has 206 valence electrons. The van der Waals surface area contributed by atoms with Gasteiger partial charge in [0.05, 0.1) is 23.7 Å². The van der Waals surface area contributed by atoms with Crippen molar-refractivity contribution in [1.29, 1.82) is 0 Å². The molecule has 0 saturated carbocycles. The van der Waals surface area contributed by atoms with Crippen molar-refractivity contribution in [2.24, 2.45) is 9.98 Å². The summed E-state index contributed by atoms with van der Waals surface area (Å²) in [7, 11) is 0. The lowest BCUT2D eigenvalue weighted by Crippen LogP contribution is -2.45. The number of aryl methyl sites for hydroxylation is 1. The lowest BCUT2D eigenvalue weighted by molar-refractivity contribution is -0.123. The molecule has 2 aliphatic rings. The van der Waals surface area contributed by atoms with Crippen molar-refractivity contribution in [2.75, 3.05) is 0 Å². The van der Waals surface area contributed by atoms with Crippen LogP contribution in [0.1, 0.15) is 48.6 Å². The largest absolute Gasteiger partial charge is 0.467 e. The molecule has 0 spiro atoms. The van der Waals surface area contributed by atoms with Crippen LogP contribution in [-0.4, -0.2) is 44.9 Å². The first-order valence-electron chi connectivity index (χ1n) is 13.3. The number of nitrogens with one attached hydrogen (secondary N) is 2. The number of amidine groups is 2. The fourth-order valence-corrected chi connectivity index (χ4v) is 5.66. The molecule has 0 fully saturated rings. The molecule has 2 unspecified atom stereocenters. The van der Waals surface area contributed by atoms with Crippen LogP contribution >= 0.6 is 11.8 Å². The molecule has 0 saturated heterocycles. The molecular weight excluding hydrogens is 526 g/mol. The van der Waals surface area contributed by atoms with Crippen LogP contribution in [0.3, 0.4) is 0 Å². The van der Waals surface area contributed by atoms with Crippen molar-refractivity contribution in [2.45, 2.75) is 57.5 Å². The highest BCUT2D eigenvalue weighted by molar-refractivity contribution is 8.15. The third kappa shape index (κ3) is 6.17. The fourth-order valence-electron chi connectivity index (χ4n) is 4.57. The van der Waals surface area contributed by atoms with Gasteiger partial charge in [-0.25, -0.2) is 4.99 Å². The van der Waals surface area contributed by atoms with Gasteiger partial charge in [-0.3, -0.25) is 19.3 Å². The van der Waals surface area contributed by atoms with Crippen molar-refractivity contribution in [3.05, 3.63) is 89.4 Å².